The van der Waals surface area contributed by atoms with Crippen molar-refractivity contribution in [2.45, 2.75) is 46.6 Å². The van der Waals surface area contributed by atoms with Crippen LogP contribution < -0.4 is 0 Å². The highest BCUT2D eigenvalue weighted by atomic mass is 27.0. The molecule has 0 bridgehead atoms. The Labute approximate surface area is 91.3 Å². The molecule has 0 aromatic rings. The zero-order valence-electron chi connectivity index (χ0n) is 8.37. The van der Waals surface area contributed by atoms with Gasteiger partial charge in [-0.2, -0.15) is 0 Å². The molecular formula is C9H23AlO3. The highest BCUT2D eigenvalue weighted by molar-refractivity contribution is 5.75. The van der Waals surface area contributed by atoms with Crippen LogP contribution in [0.25, 0.3) is 0 Å². The highest BCUT2D eigenvalue weighted by Gasteiger charge is 2.10. The van der Waals surface area contributed by atoms with E-state index in [1.807, 2.05) is 13.8 Å². The van der Waals surface area contributed by atoms with E-state index in [9.17, 15) is 4.79 Å². The van der Waals surface area contributed by atoms with Crippen molar-refractivity contribution in [2.75, 3.05) is 0 Å². The van der Waals surface area contributed by atoms with Gasteiger partial charge in [0, 0.05) is 6.10 Å². The second kappa shape index (κ2) is 12.0. The summed E-state index contributed by atoms with van der Waals surface area (Å²) in [6.45, 7) is 7.23. The molecule has 4 heteroatoms. The summed E-state index contributed by atoms with van der Waals surface area (Å²) >= 11 is 0. The van der Waals surface area contributed by atoms with Crippen LogP contribution in [0.5, 0.6) is 0 Å². The molecule has 0 fully saturated rings. The molecule has 0 atom stereocenters. The molecule has 13 heavy (non-hydrogen) atoms. The van der Waals surface area contributed by atoms with Gasteiger partial charge in [0.2, 0.25) is 0 Å². The minimum absolute atomic E-state index is 0. The lowest BCUT2D eigenvalue weighted by atomic mass is 10.1. The van der Waals surface area contributed by atoms with Gasteiger partial charge in [-0.3, -0.25) is 4.79 Å². The first kappa shape index (κ1) is 18.7. The summed E-state index contributed by atoms with van der Waals surface area (Å²) in [6.07, 6.45) is 1.32. The van der Waals surface area contributed by atoms with Crippen LogP contribution in [0.3, 0.4) is 0 Å². The van der Waals surface area contributed by atoms with Crippen molar-refractivity contribution in [3.63, 3.8) is 0 Å². The highest BCUT2D eigenvalue weighted by Crippen LogP contribution is 2.05. The maximum Gasteiger partial charge on any atom is 0.306 e. The second-order valence-corrected chi connectivity index (χ2v) is 2.95. The monoisotopic (exact) mass is 206 g/mol. The first-order valence-corrected chi connectivity index (χ1v) is 4.36. The van der Waals surface area contributed by atoms with Gasteiger partial charge in [0.05, 0.1) is 5.92 Å². The first-order valence-electron chi connectivity index (χ1n) is 4.36. The van der Waals surface area contributed by atoms with Crippen LogP contribution in [0.2, 0.25) is 0 Å². The molecule has 0 aromatic carbocycles. The normalized spacial score (nSPS) is 8.85. The van der Waals surface area contributed by atoms with Gasteiger partial charge < -0.3 is 10.2 Å². The average Bonchev–Trinajstić information content (AvgIpc) is 1.87. The van der Waals surface area contributed by atoms with E-state index in [-0.39, 0.29) is 29.4 Å². The molecule has 2 N–H and O–H groups in total. The fourth-order valence-corrected chi connectivity index (χ4v) is 0.638. The third-order valence-corrected chi connectivity index (χ3v) is 1.33. The molecule has 0 saturated heterocycles. The maximum absolute atomic E-state index is 10.2. The van der Waals surface area contributed by atoms with Gasteiger partial charge in [0.1, 0.15) is 0 Å². The van der Waals surface area contributed by atoms with Crippen LogP contribution in [0, 0.1) is 5.92 Å². The van der Waals surface area contributed by atoms with Crippen molar-refractivity contribution >= 4 is 23.3 Å². The zero-order valence-corrected chi connectivity index (χ0v) is 8.37. The van der Waals surface area contributed by atoms with E-state index < -0.39 is 5.97 Å². The Kier molecular flexibility index (Phi) is 17.2. The lowest BCUT2D eigenvalue weighted by Crippen LogP contribution is -2.10. The van der Waals surface area contributed by atoms with Crippen LogP contribution in [0.1, 0.15) is 40.5 Å². The summed E-state index contributed by atoms with van der Waals surface area (Å²) in [7, 11) is 0. The van der Waals surface area contributed by atoms with Gasteiger partial charge >= 0.3 is 5.97 Å². The molecule has 0 saturated carbocycles. The van der Waals surface area contributed by atoms with Crippen molar-refractivity contribution < 1.29 is 15.0 Å². The fraction of sp³-hybridized carbons (Fsp3) is 0.889. The average molecular weight is 206 g/mol. The molecule has 80 valence electrons. The van der Waals surface area contributed by atoms with Crippen molar-refractivity contribution in [1.29, 1.82) is 0 Å². The van der Waals surface area contributed by atoms with E-state index in [0.717, 1.165) is 12.8 Å². The standard InChI is InChI=1S/C6H12O2.C3H8O.Al.3H/c1-3-5(4-2)6(7)8;1-3(2)4;;;;/h5H,3-4H2,1-2H3,(H,7,8);3-4H,1-2H3;;;;. The van der Waals surface area contributed by atoms with E-state index in [1.54, 1.807) is 13.8 Å². The number of aliphatic carboxylic acids is 1. The number of aliphatic hydroxyl groups excluding tert-OH is 1. The Morgan fingerprint density at radius 2 is 1.46 bits per heavy atom. The number of hydrogen-bond acceptors (Lipinski definition) is 2. The zero-order chi connectivity index (χ0) is 10.1. The van der Waals surface area contributed by atoms with Gasteiger partial charge in [0.25, 0.3) is 0 Å². The molecule has 0 aliphatic heterocycles. The number of carbonyl (C=O) groups is 1. The predicted octanol–water partition coefficient (Wildman–Crippen LogP) is 0.710. The van der Waals surface area contributed by atoms with Crippen molar-refractivity contribution in [1.82, 2.24) is 0 Å². The Morgan fingerprint density at radius 3 is 1.46 bits per heavy atom. The first-order chi connectivity index (χ1) is 5.45. The van der Waals surface area contributed by atoms with Crippen LogP contribution in [-0.2, 0) is 4.79 Å². The maximum atomic E-state index is 10.2. The summed E-state index contributed by atoms with van der Waals surface area (Å²) in [6, 6.07) is 0. The van der Waals surface area contributed by atoms with Gasteiger partial charge in [-0.05, 0) is 26.7 Å². The smallest absolute Gasteiger partial charge is 0.306 e. The molecule has 3 nitrogen and oxygen atoms in total. The molecule has 0 aliphatic carbocycles. The quantitative estimate of drug-likeness (QED) is 0.669. The Balaban J connectivity index is -0.000000173. The third-order valence-electron chi connectivity index (χ3n) is 1.33. The van der Waals surface area contributed by atoms with Crippen molar-refractivity contribution in [2.24, 2.45) is 5.92 Å². The SMILES string of the molecule is CC(C)O.CCC(CC)C(=O)O.[AlH3]. The summed E-state index contributed by atoms with van der Waals surface area (Å²) in [5.41, 5.74) is 0. The van der Waals surface area contributed by atoms with Crippen LogP contribution in [0.15, 0.2) is 0 Å². The van der Waals surface area contributed by atoms with Gasteiger partial charge in [-0.15, -0.1) is 0 Å². The van der Waals surface area contributed by atoms with E-state index in [4.69, 9.17) is 10.2 Å². The van der Waals surface area contributed by atoms with E-state index >= 15 is 0 Å². The number of rotatable bonds is 3. The Bertz CT molecular complexity index is 109. The number of carboxylic acids is 1. The lowest BCUT2D eigenvalue weighted by Gasteiger charge is -2.02. The Morgan fingerprint density at radius 1 is 1.23 bits per heavy atom. The molecule has 0 rings (SSSR count). The van der Waals surface area contributed by atoms with Gasteiger partial charge in [-0.25, -0.2) is 0 Å². The second-order valence-electron chi connectivity index (χ2n) is 2.95. The number of hydrogen-bond donors (Lipinski definition) is 2. The van der Waals surface area contributed by atoms with E-state index in [2.05, 4.69) is 0 Å². The van der Waals surface area contributed by atoms with Crippen LogP contribution in [0.4, 0.5) is 0 Å². The van der Waals surface area contributed by atoms with E-state index in [0.29, 0.717) is 0 Å². The number of aliphatic hydroxyl groups is 1. The molecule has 0 aromatic heterocycles. The fourth-order valence-electron chi connectivity index (χ4n) is 0.638. The summed E-state index contributed by atoms with van der Waals surface area (Å²) in [5.74, 6) is -0.801. The Hall–Kier alpha value is -0.0375. The van der Waals surface area contributed by atoms with Gasteiger partial charge in [0.15, 0.2) is 17.4 Å². The third kappa shape index (κ3) is 18.7. The lowest BCUT2D eigenvalue weighted by molar-refractivity contribution is -0.141. The van der Waals surface area contributed by atoms with E-state index in [1.165, 1.54) is 0 Å². The largest absolute Gasteiger partial charge is 0.481 e. The van der Waals surface area contributed by atoms with Gasteiger partial charge in [-0.1, -0.05) is 13.8 Å². The molecule has 0 spiro atoms. The minimum atomic E-state index is -0.671. The summed E-state index contributed by atoms with van der Waals surface area (Å²) in [5, 5.41) is 16.4. The van der Waals surface area contributed by atoms with Crippen molar-refractivity contribution in [3.8, 4) is 0 Å². The molecular weight excluding hydrogens is 183 g/mol. The molecule has 0 radical (unpaired) electrons. The molecule has 0 aliphatic rings. The minimum Gasteiger partial charge on any atom is -0.481 e. The molecule has 0 unspecified atom stereocenters. The number of carboxylic acid groups (broad SMARTS) is 1. The van der Waals surface area contributed by atoms with Crippen LogP contribution in [-0.4, -0.2) is 39.6 Å². The molecule has 0 heterocycles. The van der Waals surface area contributed by atoms with Crippen LogP contribution >= 0.6 is 0 Å². The predicted molar refractivity (Wildman–Crippen MR) is 59.0 cm³/mol. The summed E-state index contributed by atoms with van der Waals surface area (Å²) < 4.78 is 0. The van der Waals surface area contributed by atoms with Crippen molar-refractivity contribution in [3.05, 3.63) is 0 Å². The molecule has 0 amide bonds. The summed E-state index contributed by atoms with van der Waals surface area (Å²) in [4.78, 5) is 10.2. The topological polar surface area (TPSA) is 57.5 Å².